The summed E-state index contributed by atoms with van der Waals surface area (Å²) in [5.41, 5.74) is 3.38. The molecule has 2 amide bonds. The standard InChI is InChI=1S/C25H30ClN5O2S/c1-15(2)12-21(28-24(33)18-8-6-7-9-19(18)26)23-29-30-25(31(23)5)34-14-22(32)27-20-11-10-16(3)13-17(20)4/h6-11,13,15,21H,12,14H2,1-5H3,(H,27,32)(H,28,33)/t21-/m0/s1. The highest BCUT2D eigenvalue weighted by atomic mass is 35.5. The topological polar surface area (TPSA) is 88.9 Å². The van der Waals surface area contributed by atoms with Crippen LogP contribution in [0, 0.1) is 19.8 Å². The van der Waals surface area contributed by atoms with E-state index in [1.165, 1.54) is 11.8 Å². The molecule has 2 aromatic carbocycles. The maximum atomic E-state index is 12.9. The second-order valence-corrected chi connectivity index (χ2v) is 10.0. The zero-order chi connectivity index (χ0) is 24.8. The van der Waals surface area contributed by atoms with Crippen LogP contribution in [0.1, 0.15) is 53.6 Å². The second-order valence-electron chi connectivity index (χ2n) is 8.69. The summed E-state index contributed by atoms with van der Waals surface area (Å²) in [4.78, 5) is 25.4. The van der Waals surface area contributed by atoms with Crippen LogP contribution >= 0.6 is 23.4 Å². The highest BCUT2D eigenvalue weighted by Crippen LogP contribution is 2.25. The van der Waals surface area contributed by atoms with Crippen molar-refractivity contribution in [3.8, 4) is 0 Å². The van der Waals surface area contributed by atoms with E-state index < -0.39 is 0 Å². The summed E-state index contributed by atoms with van der Waals surface area (Å²) in [6.45, 7) is 8.15. The van der Waals surface area contributed by atoms with Gasteiger partial charge in [0.15, 0.2) is 11.0 Å². The minimum Gasteiger partial charge on any atom is -0.342 e. The van der Waals surface area contributed by atoms with Crippen LogP contribution in [0.5, 0.6) is 0 Å². The number of aromatic nitrogens is 3. The van der Waals surface area contributed by atoms with Crippen molar-refractivity contribution >= 4 is 40.9 Å². The predicted molar refractivity (Wildman–Crippen MR) is 137 cm³/mol. The third-order valence-electron chi connectivity index (χ3n) is 5.30. The number of carbonyl (C=O) groups is 2. The first-order valence-electron chi connectivity index (χ1n) is 11.1. The molecule has 0 aliphatic heterocycles. The molecular formula is C25H30ClN5O2S. The normalized spacial score (nSPS) is 12.0. The van der Waals surface area contributed by atoms with Crippen molar-refractivity contribution in [1.29, 1.82) is 0 Å². The molecule has 1 heterocycles. The molecule has 0 unspecified atom stereocenters. The van der Waals surface area contributed by atoms with Gasteiger partial charge in [-0.05, 0) is 49.9 Å². The molecule has 0 bridgehead atoms. The summed E-state index contributed by atoms with van der Waals surface area (Å²) < 4.78 is 1.83. The van der Waals surface area contributed by atoms with Crippen molar-refractivity contribution in [3.63, 3.8) is 0 Å². The van der Waals surface area contributed by atoms with Crippen LogP contribution in [-0.2, 0) is 11.8 Å². The number of nitrogens with zero attached hydrogens (tertiary/aromatic N) is 3. The van der Waals surface area contributed by atoms with E-state index in [0.717, 1.165) is 16.8 Å². The highest BCUT2D eigenvalue weighted by Gasteiger charge is 2.24. The van der Waals surface area contributed by atoms with Gasteiger partial charge in [-0.3, -0.25) is 9.59 Å². The van der Waals surface area contributed by atoms with Crippen LogP contribution in [0.2, 0.25) is 5.02 Å². The molecule has 34 heavy (non-hydrogen) atoms. The third-order valence-corrected chi connectivity index (χ3v) is 6.65. The van der Waals surface area contributed by atoms with Crippen LogP contribution in [-0.4, -0.2) is 32.3 Å². The van der Waals surface area contributed by atoms with Crippen molar-refractivity contribution in [2.75, 3.05) is 11.1 Å². The summed E-state index contributed by atoms with van der Waals surface area (Å²) in [5, 5.41) is 15.6. The molecule has 0 saturated carbocycles. The van der Waals surface area contributed by atoms with Crippen molar-refractivity contribution in [2.24, 2.45) is 13.0 Å². The van der Waals surface area contributed by atoms with Crippen molar-refractivity contribution in [2.45, 2.75) is 45.3 Å². The maximum absolute atomic E-state index is 12.9. The van der Waals surface area contributed by atoms with Crippen LogP contribution in [0.3, 0.4) is 0 Å². The summed E-state index contributed by atoms with van der Waals surface area (Å²) in [5.74, 6) is 0.757. The average Bonchev–Trinajstić information content (AvgIpc) is 3.14. The first kappa shape index (κ1) is 25.8. The highest BCUT2D eigenvalue weighted by molar-refractivity contribution is 7.99. The van der Waals surface area contributed by atoms with Crippen molar-refractivity contribution < 1.29 is 9.59 Å². The Hall–Kier alpha value is -2.84. The Balaban J connectivity index is 1.69. The molecule has 2 N–H and O–H groups in total. The lowest BCUT2D eigenvalue weighted by Gasteiger charge is -2.20. The lowest BCUT2D eigenvalue weighted by Crippen LogP contribution is -2.31. The summed E-state index contributed by atoms with van der Waals surface area (Å²) >= 11 is 7.50. The zero-order valence-electron chi connectivity index (χ0n) is 20.1. The molecule has 9 heteroatoms. The Morgan fingerprint density at radius 1 is 1.12 bits per heavy atom. The van der Waals surface area contributed by atoms with E-state index in [9.17, 15) is 9.59 Å². The van der Waals surface area contributed by atoms with Gasteiger partial charge in [-0.1, -0.05) is 67.0 Å². The van der Waals surface area contributed by atoms with Gasteiger partial charge in [-0.25, -0.2) is 0 Å². The van der Waals surface area contributed by atoms with Gasteiger partial charge in [0.25, 0.3) is 5.91 Å². The Kier molecular flexibility index (Phi) is 8.74. The summed E-state index contributed by atoms with van der Waals surface area (Å²) in [6.07, 6.45) is 0.681. The van der Waals surface area contributed by atoms with E-state index >= 15 is 0 Å². The number of benzene rings is 2. The number of amides is 2. The first-order valence-corrected chi connectivity index (χ1v) is 12.5. The van der Waals surface area contributed by atoms with E-state index in [4.69, 9.17) is 11.6 Å². The van der Waals surface area contributed by atoms with Gasteiger partial charge in [0.1, 0.15) is 0 Å². The van der Waals surface area contributed by atoms with E-state index in [-0.39, 0.29) is 23.6 Å². The number of hydrogen-bond donors (Lipinski definition) is 2. The molecule has 3 aromatic rings. The number of hydrogen-bond acceptors (Lipinski definition) is 5. The minimum atomic E-state index is -0.348. The monoisotopic (exact) mass is 499 g/mol. The van der Waals surface area contributed by atoms with E-state index in [0.29, 0.717) is 33.9 Å². The molecule has 7 nitrogen and oxygen atoms in total. The van der Waals surface area contributed by atoms with Gasteiger partial charge in [-0.2, -0.15) is 0 Å². The molecule has 3 rings (SSSR count). The Bertz CT molecular complexity index is 1180. The lowest BCUT2D eigenvalue weighted by atomic mass is 10.0. The van der Waals surface area contributed by atoms with Crippen molar-refractivity contribution in [3.05, 3.63) is 70.0 Å². The van der Waals surface area contributed by atoms with Gasteiger partial charge < -0.3 is 15.2 Å². The molecule has 0 saturated heterocycles. The number of aryl methyl sites for hydroxylation is 2. The van der Waals surface area contributed by atoms with E-state index in [1.54, 1.807) is 24.3 Å². The van der Waals surface area contributed by atoms with Crippen LogP contribution in [0.25, 0.3) is 0 Å². The molecule has 180 valence electrons. The van der Waals surface area contributed by atoms with Gasteiger partial charge in [0.2, 0.25) is 5.91 Å². The minimum absolute atomic E-state index is 0.118. The summed E-state index contributed by atoms with van der Waals surface area (Å²) in [6, 6.07) is 12.5. The van der Waals surface area contributed by atoms with E-state index in [1.807, 2.05) is 43.7 Å². The fraction of sp³-hybridized carbons (Fsp3) is 0.360. The first-order chi connectivity index (χ1) is 16.2. The second kappa shape index (κ2) is 11.5. The Morgan fingerprint density at radius 3 is 2.53 bits per heavy atom. The molecule has 1 aromatic heterocycles. The SMILES string of the molecule is Cc1ccc(NC(=O)CSc2nnc([C@H](CC(C)C)NC(=O)c3ccccc3Cl)n2C)c(C)c1. The van der Waals surface area contributed by atoms with Gasteiger partial charge >= 0.3 is 0 Å². The average molecular weight is 500 g/mol. The van der Waals surface area contributed by atoms with Gasteiger partial charge in [-0.15, -0.1) is 10.2 Å². The number of rotatable bonds is 9. The van der Waals surface area contributed by atoms with Gasteiger partial charge in [0, 0.05) is 12.7 Å². The fourth-order valence-electron chi connectivity index (χ4n) is 3.61. The zero-order valence-corrected chi connectivity index (χ0v) is 21.6. The Labute approximate surface area is 209 Å². The number of anilines is 1. The molecule has 0 fully saturated rings. The molecule has 0 radical (unpaired) electrons. The smallest absolute Gasteiger partial charge is 0.253 e. The molecular weight excluding hydrogens is 470 g/mol. The third kappa shape index (κ3) is 6.61. The van der Waals surface area contributed by atoms with Crippen LogP contribution in [0.4, 0.5) is 5.69 Å². The number of halogens is 1. The predicted octanol–water partition coefficient (Wildman–Crippen LogP) is 5.33. The Morgan fingerprint density at radius 2 is 1.85 bits per heavy atom. The lowest BCUT2D eigenvalue weighted by molar-refractivity contribution is -0.113. The van der Waals surface area contributed by atoms with Gasteiger partial charge in [0.05, 0.1) is 22.4 Å². The number of nitrogens with one attached hydrogen (secondary N) is 2. The molecule has 1 atom stereocenters. The largest absolute Gasteiger partial charge is 0.342 e. The van der Waals surface area contributed by atoms with Crippen LogP contribution < -0.4 is 10.6 Å². The quantitative estimate of drug-likeness (QED) is 0.388. The number of carbonyl (C=O) groups excluding carboxylic acids is 2. The molecule has 0 aliphatic carbocycles. The van der Waals surface area contributed by atoms with Crippen molar-refractivity contribution in [1.82, 2.24) is 20.1 Å². The number of thioether (sulfide) groups is 1. The molecule has 0 aliphatic rings. The summed E-state index contributed by atoms with van der Waals surface area (Å²) in [7, 11) is 1.84. The molecule has 0 spiro atoms. The van der Waals surface area contributed by atoms with Crippen LogP contribution in [0.15, 0.2) is 47.6 Å². The van der Waals surface area contributed by atoms with E-state index in [2.05, 4.69) is 34.7 Å². The maximum Gasteiger partial charge on any atom is 0.253 e. The fourth-order valence-corrected chi connectivity index (χ4v) is 4.55.